The van der Waals surface area contributed by atoms with E-state index in [0.717, 1.165) is 0 Å². The maximum Gasteiger partial charge on any atom is 0.320 e. The molecule has 6 heteroatoms. The first kappa shape index (κ1) is 12.1. The molecule has 6 nitrogen and oxygen atoms in total. The van der Waals surface area contributed by atoms with E-state index in [2.05, 4.69) is 4.98 Å². The Kier molecular flexibility index (Phi) is 3.01. The zero-order valence-electron chi connectivity index (χ0n) is 10.3. The molecule has 2 amide bonds. The maximum atomic E-state index is 11.3. The molecular weight excluding hydrogens is 232 g/mol. The minimum atomic E-state index is -0.548. The molecule has 0 aliphatic heterocycles. The number of amides is 2. The number of hydrogen-bond acceptors (Lipinski definition) is 3. The maximum absolute atomic E-state index is 11.3. The van der Waals surface area contributed by atoms with Crippen molar-refractivity contribution in [3.05, 3.63) is 30.1 Å². The Morgan fingerprint density at radius 2 is 2.22 bits per heavy atom. The third kappa shape index (κ3) is 2.04. The van der Waals surface area contributed by atoms with E-state index in [1.54, 1.807) is 28.9 Å². The van der Waals surface area contributed by atoms with Crippen LogP contribution in [0.3, 0.4) is 0 Å². The van der Waals surface area contributed by atoms with Crippen LogP contribution in [0.2, 0.25) is 0 Å². The molecule has 0 saturated carbocycles. The van der Waals surface area contributed by atoms with Crippen LogP contribution in [0, 0.1) is 0 Å². The van der Waals surface area contributed by atoms with Crippen LogP contribution >= 0.6 is 0 Å². The lowest BCUT2D eigenvalue weighted by Crippen LogP contribution is -2.35. The number of nitrogens with zero attached hydrogens (tertiary/aromatic N) is 3. The predicted octanol–water partition coefficient (Wildman–Crippen LogP) is 1.44. The third-order valence-electron chi connectivity index (χ3n) is 2.71. The normalized spacial score (nSPS) is 10.6. The molecule has 0 aliphatic rings. The van der Waals surface area contributed by atoms with Gasteiger partial charge in [-0.25, -0.2) is 9.78 Å². The van der Waals surface area contributed by atoms with Crippen LogP contribution in [-0.2, 0) is 0 Å². The number of primary amides is 1. The SMILES string of the molecule is CCN(C(N)=O)c1cn2ccc(C(C)=O)cc2n1. The van der Waals surface area contributed by atoms with E-state index in [0.29, 0.717) is 23.6 Å². The van der Waals surface area contributed by atoms with Gasteiger partial charge < -0.3 is 10.1 Å². The Bertz CT molecular complexity index is 618. The van der Waals surface area contributed by atoms with Crippen molar-refractivity contribution >= 4 is 23.3 Å². The topological polar surface area (TPSA) is 80.7 Å². The Hall–Kier alpha value is -2.37. The van der Waals surface area contributed by atoms with E-state index in [4.69, 9.17) is 5.73 Å². The van der Waals surface area contributed by atoms with E-state index >= 15 is 0 Å². The molecular formula is C12H14N4O2. The number of rotatable bonds is 3. The second-order valence-corrected chi connectivity index (χ2v) is 3.92. The first-order chi connectivity index (χ1) is 8.52. The largest absolute Gasteiger partial charge is 0.351 e. The fourth-order valence-corrected chi connectivity index (χ4v) is 1.75. The van der Waals surface area contributed by atoms with Crippen molar-refractivity contribution in [1.29, 1.82) is 0 Å². The van der Waals surface area contributed by atoms with E-state index in [-0.39, 0.29) is 5.78 Å². The van der Waals surface area contributed by atoms with Crippen molar-refractivity contribution in [2.75, 3.05) is 11.4 Å². The monoisotopic (exact) mass is 246 g/mol. The lowest BCUT2D eigenvalue weighted by molar-refractivity contribution is 0.101. The number of imidazole rings is 1. The van der Waals surface area contributed by atoms with Gasteiger partial charge >= 0.3 is 6.03 Å². The predicted molar refractivity (Wildman–Crippen MR) is 67.8 cm³/mol. The zero-order valence-corrected chi connectivity index (χ0v) is 10.3. The summed E-state index contributed by atoms with van der Waals surface area (Å²) >= 11 is 0. The highest BCUT2D eigenvalue weighted by atomic mass is 16.2. The van der Waals surface area contributed by atoms with Crippen LogP contribution in [-0.4, -0.2) is 27.7 Å². The van der Waals surface area contributed by atoms with Gasteiger partial charge in [-0.15, -0.1) is 0 Å². The molecule has 94 valence electrons. The van der Waals surface area contributed by atoms with E-state index < -0.39 is 6.03 Å². The lowest BCUT2D eigenvalue weighted by Gasteiger charge is -2.13. The summed E-state index contributed by atoms with van der Waals surface area (Å²) in [4.78, 5) is 28.1. The molecule has 0 unspecified atom stereocenters. The van der Waals surface area contributed by atoms with Crippen LogP contribution < -0.4 is 10.6 Å². The molecule has 2 heterocycles. The molecule has 2 N–H and O–H groups in total. The molecule has 0 spiro atoms. The Morgan fingerprint density at radius 1 is 1.50 bits per heavy atom. The molecule has 0 radical (unpaired) electrons. The van der Waals surface area contributed by atoms with Crippen molar-refractivity contribution in [1.82, 2.24) is 9.38 Å². The molecule has 0 fully saturated rings. The Labute approximate surface area is 104 Å². The number of fused-ring (bicyclic) bond motifs is 1. The summed E-state index contributed by atoms with van der Waals surface area (Å²) in [6, 6.07) is 2.84. The van der Waals surface area contributed by atoms with Gasteiger partial charge in [-0.1, -0.05) is 0 Å². The summed E-state index contributed by atoms with van der Waals surface area (Å²) in [6.07, 6.45) is 3.44. The van der Waals surface area contributed by atoms with Crippen molar-refractivity contribution in [2.45, 2.75) is 13.8 Å². The number of carbonyl (C=O) groups excluding carboxylic acids is 2. The van der Waals surface area contributed by atoms with Gasteiger partial charge in [0.25, 0.3) is 0 Å². The average molecular weight is 246 g/mol. The average Bonchev–Trinajstić information content (AvgIpc) is 2.71. The highest BCUT2D eigenvalue weighted by Crippen LogP contribution is 2.15. The van der Waals surface area contributed by atoms with Gasteiger partial charge in [0.05, 0.1) is 6.20 Å². The third-order valence-corrected chi connectivity index (χ3v) is 2.71. The van der Waals surface area contributed by atoms with Crippen LogP contribution in [0.1, 0.15) is 24.2 Å². The molecule has 2 rings (SSSR count). The highest BCUT2D eigenvalue weighted by Gasteiger charge is 2.14. The molecule has 0 saturated heterocycles. The van der Waals surface area contributed by atoms with Crippen molar-refractivity contribution in [3.63, 3.8) is 0 Å². The molecule has 2 aromatic heterocycles. The van der Waals surface area contributed by atoms with Gasteiger partial charge in [-0.3, -0.25) is 9.69 Å². The number of aromatic nitrogens is 2. The fraction of sp³-hybridized carbons (Fsp3) is 0.250. The molecule has 0 bridgehead atoms. The first-order valence-electron chi connectivity index (χ1n) is 5.59. The minimum Gasteiger partial charge on any atom is -0.351 e. The number of carbonyl (C=O) groups is 2. The molecule has 2 aromatic rings. The molecule has 0 aromatic carbocycles. The Balaban J connectivity index is 2.50. The summed E-state index contributed by atoms with van der Waals surface area (Å²) in [5.41, 5.74) is 6.46. The highest BCUT2D eigenvalue weighted by molar-refractivity contribution is 5.95. The number of urea groups is 1. The van der Waals surface area contributed by atoms with Gasteiger partial charge in [-0.05, 0) is 26.0 Å². The summed E-state index contributed by atoms with van der Waals surface area (Å²) in [6.45, 7) is 3.76. The summed E-state index contributed by atoms with van der Waals surface area (Å²) in [7, 11) is 0. The van der Waals surface area contributed by atoms with Crippen molar-refractivity contribution in [3.8, 4) is 0 Å². The standard InChI is InChI=1S/C12H14N4O2/c1-3-16(12(13)18)11-7-15-5-4-9(8(2)17)6-10(15)14-11/h4-7H,3H2,1-2H3,(H2,13,18). The number of hydrogen-bond donors (Lipinski definition) is 1. The number of nitrogens with two attached hydrogens (primary N) is 1. The van der Waals surface area contributed by atoms with Crippen LogP contribution in [0.15, 0.2) is 24.5 Å². The summed E-state index contributed by atoms with van der Waals surface area (Å²) < 4.78 is 1.74. The Morgan fingerprint density at radius 3 is 2.78 bits per heavy atom. The van der Waals surface area contributed by atoms with Crippen LogP contribution in [0.5, 0.6) is 0 Å². The number of ketones is 1. The molecule has 0 aliphatic carbocycles. The van der Waals surface area contributed by atoms with Crippen LogP contribution in [0.25, 0.3) is 5.65 Å². The smallest absolute Gasteiger partial charge is 0.320 e. The van der Waals surface area contributed by atoms with Gasteiger partial charge in [0.2, 0.25) is 0 Å². The zero-order chi connectivity index (χ0) is 13.3. The summed E-state index contributed by atoms with van der Waals surface area (Å²) in [5, 5.41) is 0. The van der Waals surface area contributed by atoms with Crippen molar-refractivity contribution in [2.24, 2.45) is 5.73 Å². The van der Waals surface area contributed by atoms with E-state index in [1.807, 2.05) is 6.92 Å². The van der Waals surface area contributed by atoms with Gasteiger partial charge in [-0.2, -0.15) is 0 Å². The van der Waals surface area contributed by atoms with Gasteiger partial charge in [0.1, 0.15) is 5.65 Å². The van der Waals surface area contributed by atoms with Crippen LogP contribution in [0.4, 0.5) is 10.6 Å². The second kappa shape index (κ2) is 4.48. The quantitative estimate of drug-likeness (QED) is 0.832. The number of pyridine rings is 1. The lowest BCUT2D eigenvalue weighted by atomic mass is 10.2. The number of anilines is 1. The number of Topliss-reactive ketones (excluding diaryl/α,β-unsaturated/α-hetero) is 1. The van der Waals surface area contributed by atoms with Gasteiger partial charge in [0, 0.05) is 18.3 Å². The second-order valence-electron chi connectivity index (χ2n) is 3.92. The molecule has 0 atom stereocenters. The molecule has 18 heavy (non-hydrogen) atoms. The first-order valence-corrected chi connectivity index (χ1v) is 5.59. The minimum absolute atomic E-state index is 0.0238. The van der Waals surface area contributed by atoms with E-state index in [9.17, 15) is 9.59 Å². The van der Waals surface area contributed by atoms with Gasteiger partial charge in [0.15, 0.2) is 11.6 Å². The summed E-state index contributed by atoms with van der Waals surface area (Å²) in [5.74, 6) is 0.454. The fourth-order valence-electron chi connectivity index (χ4n) is 1.75. The van der Waals surface area contributed by atoms with E-state index in [1.165, 1.54) is 11.8 Å². The van der Waals surface area contributed by atoms with Crippen molar-refractivity contribution < 1.29 is 9.59 Å².